The highest BCUT2D eigenvalue weighted by atomic mass is 16.5. The van der Waals surface area contributed by atoms with E-state index in [1.807, 2.05) is 0 Å². The van der Waals surface area contributed by atoms with Gasteiger partial charge in [0.1, 0.15) is 22.7 Å². The molecule has 8 heteroatoms. The molecule has 1 aromatic carbocycles. The molecule has 0 radical (unpaired) electrons. The second kappa shape index (κ2) is 5.84. The summed E-state index contributed by atoms with van der Waals surface area (Å²) in [7, 11) is 1.36. The Bertz CT molecular complexity index is 869. The third-order valence-electron chi connectivity index (χ3n) is 3.36. The van der Waals surface area contributed by atoms with Crippen molar-refractivity contribution in [1.29, 1.82) is 0 Å². The van der Waals surface area contributed by atoms with Crippen LogP contribution < -0.4 is 16.0 Å². The second-order valence-electron chi connectivity index (χ2n) is 4.76. The molecule has 0 spiro atoms. The molecule has 0 saturated carbocycles. The van der Waals surface area contributed by atoms with Crippen LogP contribution in [-0.2, 0) is 0 Å². The molecule has 8 nitrogen and oxygen atoms in total. The molecule has 2 rings (SSSR count). The number of anilines is 1. The number of pyridine rings is 1. The van der Waals surface area contributed by atoms with E-state index in [2.05, 4.69) is 4.98 Å². The summed E-state index contributed by atoms with van der Waals surface area (Å²) in [4.78, 5) is 37.1. The Kier molecular flexibility index (Phi) is 4.08. The van der Waals surface area contributed by atoms with Gasteiger partial charge in [-0.05, 0) is 12.5 Å². The number of aryl methyl sites for hydroxylation is 1. The highest BCUT2D eigenvalue weighted by Crippen LogP contribution is 2.37. The molecule has 5 N–H and O–H groups in total. The van der Waals surface area contributed by atoms with Gasteiger partial charge in [-0.1, -0.05) is 18.2 Å². The highest BCUT2D eigenvalue weighted by Gasteiger charge is 2.28. The van der Waals surface area contributed by atoms with E-state index in [0.29, 0.717) is 5.56 Å². The largest absolute Gasteiger partial charge is 0.496 e. The summed E-state index contributed by atoms with van der Waals surface area (Å²) in [5.41, 5.74) is 3.93. The molecule has 0 aliphatic rings. The van der Waals surface area contributed by atoms with Gasteiger partial charge in [-0.3, -0.25) is 4.79 Å². The van der Waals surface area contributed by atoms with E-state index in [1.54, 1.807) is 19.1 Å². The third-order valence-corrected chi connectivity index (χ3v) is 3.36. The predicted octanol–water partition coefficient (Wildman–Crippen LogP) is 1.34. The molecule has 0 aliphatic carbocycles. The van der Waals surface area contributed by atoms with Crippen LogP contribution in [0.15, 0.2) is 23.0 Å². The second-order valence-corrected chi connectivity index (χ2v) is 4.76. The molecule has 1 aromatic heterocycles. The van der Waals surface area contributed by atoms with E-state index in [-0.39, 0.29) is 16.9 Å². The number of aromatic amines is 1. The number of hydrogen-bond donors (Lipinski definition) is 4. The van der Waals surface area contributed by atoms with E-state index in [9.17, 15) is 24.6 Å². The van der Waals surface area contributed by atoms with E-state index < -0.39 is 34.4 Å². The number of carboxylic acids is 2. The van der Waals surface area contributed by atoms with Crippen molar-refractivity contribution in [2.24, 2.45) is 0 Å². The number of methoxy groups -OCH3 is 1. The summed E-state index contributed by atoms with van der Waals surface area (Å²) in [6.07, 6.45) is 0. The average molecular weight is 318 g/mol. The number of nitrogens with two attached hydrogens (primary N) is 1. The van der Waals surface area contributed by atoms with Gasteiger partial charge < -0.3 is 25.7 Å². The van der Waals surface area contributed by atoms with Crippen LogP contribution in [0, 0.1) is 6.92 Å². The number of aromatic carboxylic acids is 2. The topological polar surface area (TPSA) is 143 Å². The fourth-order valence-electron chi connectivity index (χ4n) is 2.44. The number of nitrogens with one attached hydrogen (secondary N) is 1. The van der Waals surface area contributed by atoms with Gasteiger partial charge in [0, 0.05) is 11.1 Å². The zero-order valence-corrected chi connectivity index (χ0v) is 12.3. The van der Waals surface area contributed by atoms with Crippen LogP contribution in [0.2, 0.25) is 0 Å². The molecule has 0 bridgehead atoms. The van der Waals surface area contributed by atoms with Crippen molar-refractivity contribution < 1.29 is 24.5 Å². The number of benzene rings is 1. The summed E-state index contributed by atoms with van der Waals surface area (Å²) in [6.45, 7) is 1.71. The van der Waals surface area contributed by atoms with Gasteiger partial charge in [0.25, 0.3) is 5.56 Å². The van der Waals surface area contributed by atoms with E-state index in [4.69, 9.17) is 10.5 Å². The number of hydrogen-bond acceptors (Lipinski definition) is 5. The normalized spacial score (nSPS) is 10.3. The fraction of sp³-hybridized carbons (Fsp3) is 0.133. The predicted molar refractivity (Wildman–Crippen MR) is 82.1 cm³/mol. The number of carboxylic acid groups (broad SMARTS) is 2. The number of para-hydroxylation sites is 1. The Morgan fingerprint density at radius 3 is 2.30 bits per heavy atom. The maximum atomic E-state index is 12.0. The minimum atomic E-state index is -1.56. The lowest BCUT2D eigenvalue weighted by Gasteiger charge is -2.16. The van der Waals surface area contributed by atoms with Gasteiger partial charge in [-0.15, -0.1) is 0 Å². The first-order chi connectivity index (χ1) is 10.8. The van der Waals surface area contributed by atoms with Gasteiger partial charge in [0.2, 0.25) is 0 Å². The number of carbonyl (C=O) groups is 2. The number of nitrogen functional groups attached to an aromatic ring is 1. The molecule has 23 heavy (non-hydrogen) atoms. The summed E-state index contributed by atoms with van der Waals surface area (Å²) in [5.74, 6) is -3.18. The smallest absolute Gasteiger partial charge is 0.342 e. The van der Waals surface area contributed by atoms with Crippen LogP contribution in [0.3, 0.4) is 0 Å². The molecule has 0 amide bonds. The lowest BCUT2D eigenvalue weighted by atomic mass is 9.93. The molecule has 1 heterocycles. The maximum absolute atomic E-state index is 12.0. The molecule has 0 saturated heterocycles. The molecule has 120 valence electrons. The number of aromatic nitrogens is 1. The Balaban J connectivity index is 3.07. The zero-order valence-electron chi connectivity index (χ0n) is 12.3. The first kappa shape index (κ1) is 16.1. The summed E-state index contributed by atoms with van der Waals surface area (Å²) >= 11 is 0. The molecule has 0 unspecified atom stereocenters. The van der Waals surface area contributed by atoms with E-state index in [0.717, 1.165) is 0 Å². The van der Waals surface area contributed by atoms with Gasteiger partial charge in [-0.25, -0.2) is 9.59 Å². The molecule has 0 atom stereocenters. The summed E-state index contributed by atoms with van der Waals surface area (Å²) in [5, 5.41) is 18.7. The minimum Gasteiger partial charge on any atom is -0.496 e. The van der Waals surface area contributed by atoms with E-state index in [1.165, 1.54) is 13.2 Å². The van der Waals surface area contributed by atoms with Crippen molar-refractivity contribution in [2.75, 3.05) is 12.8 Å². The maximum Gasteiger partial charge on any atom is 0.342 e. The fourth-order valence-corrected chi connectivity index (χ4v) is 2.44. The van der Waals surface area contributed by atoms with Crippen molar-refractivity contribution >= 4 is 17.8 Å². The Labute approximate surface area is 130 Å². The number of rotatable bonds is 4. The lowest BCUT2D eigenvalue weighted by Crippen LogP contribution is -2.24. The van der Waals surface area contributed by atoms with Crippen LogP contribution in [0.1, 0.15) is 26.3 Å². The highest BCUT2D eigenvalue weighted by molar-refractivity contribution is 6.08. The van der Waals surface area contributed by atoms with Crippen LogP contribution in [0.25, 0.3) is 11.1 Å². The van der Waals surface area contributed by atoms with Gasteiger partial charge >= 0.3 is 11.9 Å². The quantitative estimate of drug-likeness (QED) is 0.666. The van der Waals surface area contributed by atoms with Crippen LogP contribution in [0.4, 0.5) is 5.82 Å². The SMILES string of the molecule is COc1c(C)cccc1-c1c(C(=O)O)c(N)[nH]c(=O)c1C(=O)O. The van der Waals surface area contributed by atoms with Crippen molar-refractivity contribution in [1.82, 2.24) is 4.98 Å². The van der Waals surface area contributed by atoms with Gasteiger partial charge in [0.05, 0.1) is 7.11 Å². The van der Waals surface area contributed by atoms with Crippen molar-refractivity contribution in [3.63, 3.8) is 0 Å². The van der Waals surface area contributed by atoms with Gasteiger partial charge in [-0.2, -0.15) is 0 Å². The Hall–Kier alpha value is -3.29. The standard InChI is InChI=1S/C15H14N2O6/c1-6-4-3-5-7(11(6)23-2)8-9(14(19)20)12(16)17-13(18)10(8)15(21)22/h3-5H,1-2H3,(H,19,20)(H,21,22)(H3,16,17,18). The summed E-state index contributed by atoms with van der Waals surface area (Å²) < 4.78 is 5.24. The Morgan fingerprint density at radius 1 is 1.17 bits per heavy atom. The molecular formula is C15H14N2O6. The van der Waals surface area contributed by atoms with Gasteiger partial charge in [0.15, 0.2) is 0 Å². The monoisotopic (exact) mass is 318 g/mol. The molecule has 2 aromatic rings. The summed E-state index contributed by atoms with van der Waals surface area (Å²) in [6, 6.07) is 4.78. The lowest BCUT2D eigenvalue weighted by molar-refractivity contribution is 0.0695. The molecule has 0 aliphatic heterocycles. The average Bonchev–Trinajstić information content (AvgIpc) is 2.45. The van der Waals surface area contributed by atoms with Crippen molar-refractivity contribution in [2.45, 2.75) is 6.92 Å². The first-order valence-electron chi connectivity index (χ1n) is 6.45. The van der Waals surface area contributed by atoms with Crippen LogP contribution in [0.5, 0.6) is 5.75 Å². The van der Waals surface area contributed by atoms with Crippen LogP contribution >= 0.6 is 0 Å². The minimum absolute atomic E-state index is 0.167. The van der Waals surface area contributed by atoms with Crippen molar-refractivity contribution in [3.8, 4) is 16.9 Å². The third kappa shape index (κ3) is 2.61. The molecule has 0 fully saturated rings. The van der Waals surface area contributed by atoms with Crippen molar-refractivity contribution in [3.05, 3.63) is 45.2 Å². The first-order valence-corrected chi connectivity index (χ1v) is 6.45. The number of ether oxygens (including phenoxy) is 1. The number of H-pyrrole nitrogens is 1. The van der Waals surface area contributed by atoms with E-state index >= 15 is 0 Å². The molecular weight excluding hydrogens is 304 g/mol. The Morgan fingerprint density at radius 2 is 1.78 bits per heavy atom. The van der Waals surface area contributed by atoms with Crippen LogP contribution in [-0.4, -0.2) is 34.2 Å². The zero-order chi connectivity index (χ0) is 17.3.